The number of carboxylic acids is 1. The van der Waals surface area contributed by atoms with Gasteiger partial charge in [-0.3, -0.25) is 14.6 Å². The van der Waals surface area contributed by atoms with Crippen LogP contribution in [-0.2, 0) is 11.0 Å². The molecule has 0 radical (unpaired) electrons. The van der Waals surface area contributed by atoms with Gasteiger partial charge in [0.2, 0.25) is 0 Å². The monoisotopic (exact) mass is 665 g/mol. The van der Waals surface area contributed by atoms with E-state index in [-0.39, 0.29) is 36.5 Å². The number of benzene rings is 4. The molecular formula is C36H35ClF3N3O4. The number of amides is 1. The molecule has 0 aromatic heterocycles. The number of hydrogen-bond donors (Lipinski definition) is 2. The van der Waals surface area contributed by atoms with Crippen molar-refractivity contribution in [1.82, 2.24) is 10.3 Å². The van der Waals surface area contributed by atoms with Crippen LogP contribution >= 0.6 is 11.6 Å². The van der Waals surface area contributed by atoms with E-state index in [4.69, 9.17) is 26.5 Å². The van der Waals surface area contributed by atoms with Crippen LogP contribution in [0.3, 0.4) is 0 Å². The number of halogens is 4. The van der Waals surface area contributed by atoms with Crippen molar-refractivity contribution in [3.05, 3.63) is 112 Å². The summed E-state index contributed by atoms with van der Waals surface area (Å²) >= 11 is 6.23. The maximum Gasteiger partial charge on any atom is 0.416 e. The summed E-state index contributed by atoms with van der Waals surface area (Å²) in [5, 5.41) is 21.1. The minimum Gasteiger partial charge on any atom is -0.496 e. The van der Waals surface area contributed by atoms with Crippen molar-refractivity contribution >= 4 is 40.0 Å². The number of carboxylic acid groups (broad SMARTS) is 1. The van der Waals surface area contributed by atoms with Crippen LogP contribution in [0.2, 0.25) is 5.02 Å². The minimum absolute atomic E-state index is 0.0129. The Morgan fingerprint density at radius 1 is 1.04 bits per heavy atom. The Labute approximate surface area is 276 Å². The largest absolute Gasteiger partial charge is 0.496 e. The maximum atomic E-state index is 13.8. The molecule has 0 aliphatic carbocycles. The van der Waals surface area contributed by atoms with Crippen molar-refractivity contribution in [2.45, 2.75) is 57.3 Å². The Hall–Kier alpha value is -4.57. The quantitative estimate of drug-likeness (QED) is 0.158. The number of carbonyl (C=O) groups is 2. The van der Waals surface area contributed by atoms with Crippen LogP contribution < -0.4 is 10.1 Å². The Morgan fingerprint density at radius 2 is 1.77 bits per heavy atom. The van der Waals surface area contributed by atoms with Gasteiger partial charge in [0.25, 0.3) is 5.91 Å². The number of hydrazone groups is 1. The van der Waals surface area contributed by atoms with E-state index in [2.05, 4.69) is 18.3 Å². The second-order valence-electron chi connectivity index (χ2n) is 11.5. The summed E-state index contributed by atoms with van der Waals surface area (Å²) in [7, 11) is 1.43. The molecule has 5 rings (SSSR count). The number of ether oxygens (including phenoxy) is 1. The molecule has 2 N–H and O–H groups in total. The SMILES string of the molecule is CCCCC(c1ccc(C(=O)NCCC(=O)O)cc1)N1N=C(c2cc(C(F)(F)F)ccc2OC)CC1c1ccc2cc(Cl)ccc2c1. The van der Waals surface area contributed by atoms with E-state index in [1.165, 1.54) is 13.2 Å². The molecule has 0 saturated heterocycles. The van der Waals surface area contributed by atoms with Crippen LogP contribution in [0, 0.1) is 0 Å². The number of hydrogen-bond acceptors (Lipinski definition) is 5. The van der Waals surface area contributed by atoms with Crippen LogP contribution in [0.25, 0.3) is 10.8 Å². The summed E-state index contributed by atoms with van der Waals surface area (Å²) in [4.78, 5) is 23.5. The van der Waals surface area contributed by atoms with E-state index in [0.29, 0.717) is 34.9 Å². The molecule has 246 valence electrons. The number of fused-ring (bicyclic) bond motifs is 1. The summed E-state index contributed by atoms with van der Waals surface area (Å²) in [5.74, 6) is -1.08. The highest BCUT2D eigenvalue weighted by molar-refractivity contribution is 6.31. The van der Waals surface area contributed by atoms with Gasteiger partial charge in [0.15, 0.2) is 0 Å². The molecule has 0 fully saturated rings. The number of nitrogens with one attached hydrogen (secondary N) is 1. The first-order valence-electron chi connectivity index (χ1n) is 15.4. The van der Waals surface area contributed by atoms with Crippen molar-refractivity contribution in [3.8, 4) is 5.75 Å². The van der Waals surface area contributed by atoms with Crippen LogP contribution in [0.1, 0.15) is 83.7 Å². The predicted molar refractivity (Wildman–Crippen MR) is 176 cm³/mol. The Morgan fingerprint density at radius 3 is 2.45 bits per heavy atom. The summed E-state index contributed by atoms with van der Waals surface area (Å²) < 4.78 is 46.9. The van der Waals surface area contributed by atoms with Crippen LogP contribution in [0.5, 0.6) is 5.75 Å². The van der Waals surface area contributed by atoms with Crippen molar-refractivity contribution in [2.75, 3.05) is 13.7 Å². The standard InChI is InChI=1S/C36H35ClF3N3O4/c1-3-4-5-31(22-6-8-23(9-7-22)35(46)41-17-16-34(44)45)43-32(26-11-10-25-19-28(37)14-12-24(25)18-26)21-30(42-43)29-20-27(36(38,39)40)13-15-33(29)47-2/h6-15,18-20,31-32H,3-5,16-17,21H2,1-2H3,(H,41,46)(H,44,45). The second-order valence-corrected chi connectivity index (χ2v) is 11.9. The molecule has 4 aromatic rings. The van der Waals surface area contributed by atoms with Gasteiger partial charge >= 0.3 is 12.1 Å². The fraction of sp³-hybridized carbons (Fsp3) is 0.306. The molecule has 4 aromatic carbocycles. The second kappa shape index (κ2) is 14.5. The Balaban J connectivity index is 1.57. The third-order valence-electron chi connectivity index (χ3n) is 8.32. The highest BCUT2D eigenvalue weighted by Gasteiger charge is 2.37. The fourth-order valence-corrected chi connectivity index (χ4v) is 6.07. The van der Waals surface area contributed by atoms with Crippen molar-refractivity contribution in [1.29, 1.82) is 0 Å². The van der Waals surface area contributed by atoms with Gasteiger partial charge < -0.3 is 15.2 Å². The van der Waals surface area contributed by atoms with Gasteiger partial charge in [0, 0.05) is 29.1 Å². The summed E-state index contributed by atoms with van der Waals surface area (Å²) in [6.07, 6.45) is -1.91. The summed E-state index contributed by atoms with van der Waals surface area (Å²) in [6, 6.07) is 21.6. The number of carbonyl (C=O) groups excluding carboxylic acids is 1. The van der Waals surface area contributed by atoms with Crippen LogP contribution in [-0.4, -0.2) is 41.4 Å². The normalized spacial score (nSPS) is 15.4. The topological polar surface area (TPSA) is 91.2 Å². The molecule has 1 aliphatic rings. The molecule has 0 saturated carbocycles. The fourth-order valence-electron chi connectivity index (χ4n) is 5.89. The van der Waals surface area contributed by atoms with Gasteiger partial charge in [0.1, 0.15) is 5.75 Å². The van der Waals surface area contributed by atoms with Gasteiger partial charge in [-0.2, -0.15) is 18.3 Å². The van der Waals surface area contributed by atoms with Crippen molar-refractivity contribution < 1.29 is 32.6 Å². The lowest BCUT2D eigenvalue weighted by molar-refractivity contribution is -0.138. The average molecular weight is 666 g/mol. The lowest BCUT2D eigenvalue weighted by atomic mass is 9.92. The molecule has 1 heterocycles. The zero-order chi connectivity index (χ0) is 33.7. The zero-order valence-electron chi connectivity index (χ0n) is 26.0. The summed E-state index contributed by atoms with van der Waals surface area (Å²) in [6.45, 7) is 2.10. The molecule has 47 heavy (non-hydrogen) atoms. The molecule has 0 bridgehead atoms. The number of alkyl halides is 3. The van der Waals surface area contributed by atoms with E-state index in [1.807, 2.05) is 47.5 Å². The third kappa shape index (κ3) is 7.88. The molecule has 1 amide bonds. The van der Waals surface area contributed by atoms with Crippen molar-refractivity contribution in [2.24, 2.45) is 5.10 Å². The van der Waals surface area contributed by atoms with E-state index < -0.39 is 17.7 Å². The smallest absolute Gasteiger partial charge is 0.416 e. The molecule has 0 spiro atoms. The lowest BCUT2D eigenvalue weighted by Gasteiger charge is -2.33. The van der Waals surface area contributed by atoms with Crippen molar-refractivity contribution in [3.63, 3.8) is 0 Å². The predicted octanol–water partition coefficient (Wildman–Crippen LogP) is 8.81. The highest BCUT2D eigenvalue weighted by atomic mass is 35.5. The van der Waals surface area contributed by atoms with Gasteiger partial charge in [-0.1, -0.05) is 61.7 Å². The number of rotatable bonds is 12. The van der Waals surface area contributed by atoms with E-state index in [0.717, 1.165) is 46.9 Å². The first kappa shape index (κ1) is 33.8. The first-order valence-corrected chi connectivity index (χ1v) is 15.8. The minimum atomic E-state index is -4.54. The Bertz CT molecular complexity index is 1790. The molecule has 11 heteroatoms. The van der Waals surface area contributed by atoms with E-state index in [9.17, 15) is 22.8 Å². The maximum absolute atomic E-state index is 13.8. The average Bonchev–Trinajstić information content (AvgIpc) is 3.49. The van der Waals surface area contributed by atoms with Gasteiger partial charge in [0.05, 0.1) is 36.9 Å². The molecular weight excluding hydrogens is 631 g/mol. The molecule has 7 nitrogen and oxygen atoms in total. The molecule has 1 aliphatic heterocycles. The number of unbranched alkanes of at least 4 members (excludes halogenated alkanes) is 1. The number of nitrogens with zero attached hydrogens (tertiary/aromatic N) is 2. The Kier molecular flexibility index (Phi) is 10.4. The molecule has 2 unspecified atom stereocenters. The van der Waals surface area contributed by atoms with Gasteiger partial charge in [-0.25, -0.2) is 0 Å². The number of aliphatic carboxylic acids is 1. The van der Waals surface area contributed by atoms with Gasteiger partial charge in [-0.15, -0.1) is 0 Å². The van der Waals surface area contributed by atoms with E-state index >= 15 is 0 Å². The highest BCUT2D eigenvalue weighted by Crippen LogP contribution is 2.44. The lowest BCUT2D eigenvalue weighted by Crippen LogP contribution is -2.27. The van der Waals surface area contributed by atoms with Crippen LogP contribution in [0.4, 0.5) is 13.2 Å². The zero-order valence-corrected chi connectivity index (χ0v) is 26.7. The van der Waals surface area contributed by atoms with Gasteiger partial charge in [-0.05, 0) is 76.9 Å². The number of methoxy groups -OCH3 is 1. The van der Waals surface area contributed by atoms with E-state index in [1.54, 1.807) is 12.1 Å². The molecule has 2 atom stereocenters. The summed E-state index contributed by atoms with van der Waals surface area (Å²) in [5.41, 5.74) is 2.19. The first-order chi connectivity index (χ1) is 22.5. The van der Waals surface area contributed by atoms with Crippen LogP contribution in [0.15, 0.2) is 84.0 Å². The third-order valence-corrected chi connectivity index (χ3v) is 8.56.